The van der Waals surface area contributed by atoms with Crippen molar-refractivity contribution < 1.29 is 13.9 Å². The largest absolute Gasteiger partial charge is 0.494 e. The summed E-state index contributed by atoms with van der Waals surface area (Å²) in [6.07, 6.45) is 3.64. The molecule has 0 atom stereocenters. The summed E-state index contributed by atoms with van der Waals surface area (Å²) < 4.78 is 22.8. The Hall–Kier alpha value is -3.20. The molecule has 0 spiro atoms. The van der Waals surface area contributed by atoms with Crippen LogP contribution in [0, 0.1) is 5.82 Å². The Morgan fingerprint density at radius 3 is 2.67 bits per heavy atom. The Kier molecular flexibility index (Phi) is 6.83. The fourth-order valence-electron chi connectivity index (χ4n) is 4.18. The second-order valence-electron chi connectivity index (χ2n) is 8.13. The second-order valence-corrected chi connectivity index (χ2v) is 9.84. The summed E-state index contributed by atoms with van der Waals surface area (Å²) in [7, 11) is 0. The maximum Gasteiger partial charge on any atom is 0.281 e. The number of carbonyl (C=O) groups is 1. The molecule has 5 nitrogen and oxygen atoms in total. The van der Waals surface area contributed by atoms with Crippen LogP contribution < -0.4 is 15.0 Å². The first-order valence-corrected chi connectivity index (χ1v) is 12.7. The molecule has 1 aliphatic rings. The van der Waals surface area contributed by atoms with Crippen molar-refractivity contribution in [2.75, 3.05) is 11.5 Å². The van der Waals surface area contributed by atoms with Crippen LogP contribution in [0.4, 0.5) is 10.1 Å². The van der Waals surface area contributed by atoms with Crippen LogP contribution in [0.1, 0.15) is 18.1 Å². The molecule has 0 aliphatic carbocycles. The average Bonchev–Trinajstić information content (AvgIpc) is 3.32. The average molecular weight is 585 g/mol. The number of nitrogens with one attached hydrogen (secondary N) is 1. The SMILES string of the molecule is CCOc1ccc(N2C(=O)/C(=C/c3cn(Cc4c(F)cccc4Cl)c4ccc(Br)cc34)NC2=S)cc1. The molecule has 2 heterocycles. The summed E-state index contributed by atoms with van der Waals surface area (Å²) in [6.45, 7) is 2.71. The van der Waals surface area contributed by atoms with Gasteiger partial charge in [0.1, 0.15) is 17.3 Å². The van der Waals surface area contributed by atoms with Crippen molar-refractivity contribution in [2.24, 2.45) is 0 Å². The number of aromatic nitrogens is 1. The molecule has 1 fully saturated rings. The molecular weight excluding hydrogens is 565 g/mol. The number of hydrogen-bond acceptors (Lipinski definition) is 3. The summed E-state index contributed by atoms with van der Waals surface area (Å²) in [5.41, 5.74) is 3.04. The molecule has 1 aliphatic heterocycles. The van der Waals surface area contributed by atoms with E-state index in [1.165, 1.54) is 11.0 Å². The molecule has 0 radical (unpaired) electrons. The zero-order valence-electron chi connectivity index (χ0n) is 19.1. The Labute approximate surface area is 226 Å². The molecule has 1 saturated heterocycles. The van der Waals surface area contributed by atoms with Crippen molar-refractivity contribution in [2.45, 2.75) is 13.5 Å². The van der Waals surface area contributed by atoms with Crippen molar-refractivity contribution in [1.29, 1.82) is 0 Å². The highest BCUT2D eigenvalue weighted by Crippen LogP contribution is 2.31. The molecule has 1 amide bonds. The molecule has 1 aromatic heterocycles. The van der Waals surface area contributed by atoms with E-state index < -0.39 is 0 Å². The minimum absolute atomic E-state index is 0.241. The highest BCUT2D eigenvalue weighted by molar-refractivity contribution is 9.10. The molecule has 182 valence electrons. The van der Waals surface area contributed by atoms with Gasteiger partial charge in [0.15, 0.2) is 5.11 Å². The second kappa shape index (κ2) is 10.0. The summed E-state index contributed by atoms with van der Waals surface area (Å²) in [5, 5.41) is 4.57. The summed E-state index contributed by atoms with van der Waals surface area (Å²) in [4.78, 5) is 14.8. The fraction of sp³-hybridized carbons (Fsp3) is 0.111. The molecular formula is C27H20BrClFN3O2S. The van der Waals surface area contributed by atoms with E-state index in [1.54, 1.807) is 42.5 Å². The van der Waals surface area contributed by atoms with Gasteiger partial charge in [-0.05, 0) is 79.8 Å². The number of ether oxygens (including phenoxy) is 1. The molecule has 9 heteroatoms. The maximum atomic E-state index is 14.5. The van der Waals surface area contributed by atoms with Gasteiger partial charge in [0.25, 0.3) is 5.91 Å². The van der Waals surface area contributed by atoms with E-state index >= 15 is 0 Å². The minimum Gasteiger partial charge on any atom is -0.494 e. The first kappa shape index (κ1) is 24.5. The number of fused-ring (bicyclic) bond motifs is 1. The lowest BCUT2D eigenvalue weighted by Gasteiger charge is -2.14. The third-order valence-electron chi connectivity index (χ3n) is 5.85. The monoisotopic (exact) mass is 583 g/mol. The van der Waals surface area contributed by atoms with Gasteiger partial charge in [-0.1, -0.05) is 33.6 Å². The predicted molar refractivity (Wildman–Crippen MR) is 149 cm³/mol. The molecule has 0 bridgehead atoms. The topological polar surface area (TPSA) is 46.5 Å². The van der Waals surface area contributed by atoms with Crippen molar-refractivity contribution in [3.8, 4) is 5.75 Å². The molecule has 0 saturated carbocycles. The Morgan fingerprint density at radius 2 is 1.94 bits per heavy atom. The van der Waals surface area contributed by atoms with Crippen molar-refractivity contribution in [1.82, 2.24) is 9.88 Å². The van der Waals surface area contributed by atoms with Gasteiger partial charge in [0, 0.05) is 37.7 Å². The minimum atomic E-state index is -0.370. The number of hydrogen-bond donors (Lipinski definition) is 1. The zero-order valence-corrected chi connectivity index (χ0v) is 22.3. The molecule has 1 N–H and O–H groups in total. The van der Waals surface area contributed by atoms with Crippen LogP contribution in [-0.2, 0) is 11.3 Å². The lowest BCUT2D eigenvalue weighted by Crippen LogP contribution is -2.30. The van der Waals surface area contributed by atoms with Crippen LogP contribution in [0.15, 0.2) is 77.0 Å². The van der Waals surface area contributed by atoms with E-state index in [-0.39, 0.29) is 18.3 Å². The normalized spacial score (nSPS) is 14.7. The van der Waals surface area contributed by atoms with Crippen LogP contribution >= 0.6 is 39.7 Å². The Balaban J connectivity index is 1.52. The highest BCUT2D eigenvalue weighted by atomic mass is 79.9. The van der Waals surface area contributed by atoms with E-state index in [1.807, 2.05) is 35.9 Å². The zero-order chi connectivity index (χ0) is 25.4. The van der Waals surface area contributed by atoms with Crippen LogP contribution in [0.5, 0.6) is 5.75 Å². The number of amides is 1. The van der Waals surface area contributed by atoms with Gasteiger partial charge in [0.05, 0.1) is 18.8 Å². The van der Waals surface area contributed by atoms with Crippen LogP contribution in [0.3, 0.4) is 0 Å². The fourth-order valence-corrected chi connectivity index (χ4v) is 5.06. The molecule has 4 aromatic rings. The van der Waals surface area contributed by atoms with Gasteiger partial charge in [-0.25, -0.2) is 4.39 Å². The first-order chi connectivity index (χ1) is 17.4. The third kappa shape index (κ3) is 4.64. The number of rotatable bonds is 6. The number of thiocarbonyl (C=S) groups is 1. The van der Waals surface area contributed by atoms with Crippen LogP contribution in [-0.4, -0.2) is 22.2 Å². The van der Waals surface area contributed by atoms with E-state index in [2.05, 4.69) is 21.2 Å². The molecule has 0 unspecified atom stereocenters. The summed E-state index contributed by atoms with van der Waals surface area (Å²) >= 11 is 15.3. The third-order valence-corrected chi connectivity index (χ3v) is 6.98. The summed E-state index contributed by atoms with van der Waals surface area (Å²) in [5.74, 6) is 0.0819. The lowest BCUT2D eigenvalue weighted by atomic mass is 10.1. The van der Waals surface area contributed by atoms with E-state index in [9.17, 15) is 9.18 Å². The van der Waals surface area contributed by atoms with Crippen LogP contribution in [0.2, 0.25) is 5.02 Å². The first-order valence-electron chi connectivity index (χ1n) is 11.2. The number of anilines is 1. The van der Waals surface area contributed by atoms with Crippen LogP contribution in [0.25, 0.3) is 17.0 Å². The highest BCUT2D eigenvalue weighted by Gasteiger charge is 2.32. The number of halogens is 3. The molecule has 5 rings (SSSR count). The number of nitrogens with zero attached hydrogens (tertiary/aromatic N) is 2. The Morgan fingerprint density at radius 1 is 1.17 bits per heavy atom. The van der Waals surface area contributed by atoms with Gasteiger partial charge >= 0.3 is 0 Å². The Bertz CT molecular complexity index is 1510. The van der Waals surface area contributed by atoms with E-state index in [0.717, 1.165) is 26.7 Å². The van der Waals surface area contributed by atoms with Crippen molar-refractivity contribution in [3.05, 3.63) is 99.0 Å². The predicted octanol–water partition coefficient (Wildman–Crippen LogP) is 6.91. The van der Waals surface area contributed by atoms with Gasteiger partial charge in [0.2, 0.25) is 0 Å². The maximum absolute atomic E-state index is 14.5. The quantitative estimate of drug-likeness (QED) is 0.198. The van der Waals surface area contributed by atoms with Gasteiger partial charge in [-0.15, -0.1) is 0 Å². The van der Waals surface area contributed by atoms with Gasteiger partial charge < -0.3 is 14.6 Å². The molecule has 36 heavy (non-hydrogen) atoms. The van der Waals surface area contributed by atoms with Crippen molar-refractivity contribution >= 4 is 73.4 Å². The standard InChI is InChI=1S/C27H20BrClFN3O2S/c1-2-35-19-9-7-18(8-10-19)33-26(34)24(31-27(33)36)12-16-14-32(25-11-6-17(28)13-20(16)25)15-21-22(29)4-3-5-23(21)30/h3-14H,2,15H2,1H3,(H,31,36)/b24-12-. The molecule has 3 aromatic carbocycles. The van der Waals surface area contributed by atoms with E-state index in [0.29, 0.717) is 33.7 Å². The number of carbonyl (C=O) groups excluding carboxylic acids is 1. The van der Waals surface area contributed by atoms with E-state index in [4.69, 9.17) is 28.6 Å². The lowest BCUT2D eigenvalue weighted by molar-refractivity contribution is -0.113. The summed E-state index contributed by atoms with van der Waals surface area (Å²) in [6, 6.07) is 17.7. The van der Waals surface area contributed by atoms with Crippen molar-refractivity contribution in [3.63, 3.8) is 0 Å². The van der Waals surface area contributed by atoms with Gasteiger partial charge in [-0.3, -0.25) is 9.69 Å². The smallest absolute Gasteiger partial charge is 0.281 e. The van der Waals surface area contributed by atoms with Gasteiger partial charge in [-0.2, -0.15) is 0 Å². The number of benzene rings is 3.